The van der Waals surface area contributed by atoms with E-state index in [1.54, 1.807) is 6.92 Å². The molecular weight excluding hydrogens is 278 g/mol. The van der Waals surface area contributed by atoms with Crippen LogP contribution in [0.15, 0.2) is 36.7 Å². The molecule has 0 aliphatic heterocycles. The van der Waals surface area contributed by atoms with Crippen LogP contribution in [0.3, 0.4) is 0 Å². The summed E-state index contributed by atoms with van der Waals surface area (Å²) in [6.45, 7) is 2.08. The third-order valence-electron chi connectivity index (χ3n) is 4.35. The molecule has 0 radical (unpaired) electrons. The zero-order valence-corrected chi connectivity index (χ0v) is 12.6. The molecule has 4 heteroatoms. The molecule has 22 heavy (non-hydrogen) atoms. The Kier molecular flexibility index (Phi) is 4.18. The molecule has 0 spiro atoms. The number of Topliss-reactive ketones (excluding diaryl/α,β-unsaturated/α-hetero) is 1. The second-order valence-electron chi connectivity index (χ2n) is 5.70. The summed E-state index contributed by atoms with van der Waals surface area (Å²) in [6.07, 6.45) is 5.45. The van der Waals surface area contributed by atoms with Gasteiger partial charge >= 0.3 is 5.97 Å². The van der Waals surface area contributed by atoms with Crippen LogP contribution in [0.1, 0.15) is 37.7 Å². The number of rotatable bonds is 3. The fourth-order valence-electron chi connectivity index (χ4n) is 3.24. The lowest BCUT2D eigenvalue weighted by Crippen LogP contribution is -2.31. The average Bonchev–Trinajstić information content (AvgIpc) is 2.54. The van der Waals surface area contributed by atoms with Crippen molar-refractivity contribution in [3.63, 3.8) is 0 Å². The molecule has 0 N–H and O–H groups in total. The topological polar surface area (TPSA) is 56.3 Å². The van der Waals surface area contributed by atoms with Crippen molar-refractivity contribution in [3.8, 4) is 0 Å². The van der Waals surface area contributed by atoms with E-state index in [1.807, 2.05) is 30.6 Å². The number of hydrogen-bond acceptors (Lipinski definition) is 4. The summed E-state index contributed by atoms with van der Waals surface area (Å²) in [5.41, 5.74) is 1.11. The van der Waals surface area contributed by atoms with E-state index in [4.69, 9.17) is 4.74 Å². The van der Waals surface area contributed by atoms with Crippen LogP contribution >= 0.6 is 0 Å². The van der Waals surface area contributed by atoms with E-state index in [2.05, 4.69) is 11.1 Å². The second-order valence-corrected chi connectivity index (χ2v) is 5.70. The molecule has 1 aliphatic rings. The SMILES string of the molecule is CCOC(=O)C1CCC(c2cncc3ccccc23)CC1=O. The van der Waals surface area contributed by atoms with Gasteiger partial charge in [-0.15, -0.1) is 0 Å². The van der Waals surface area contributed by atoms with Crippen molar-refractivity contribution in [2.45, 2.75) is 32.1 Å². The van der Waals surface area contributed by atoms with Crippen LogP contribution in [-0.4, -0.2) is 23.3 Å². The summed E-state index contributed by atoms with van der Waals surface area (Å²) in [5, 5.41) is 2.23. The van der Waals surface area contributed by atoms with E-state index in [9.17, 15) is 9.59 Å². The largest absolute Gasteiger partial charge is 0.465 e. The van der Waals surface area contributed by atoms with Crippen LogP contribution in [0, 0.1) is 5.92 Å². The minimum atomic E-state index is -0.584. The molecule has 1 aromatic heterocycles. The summed E-state index contributed by atoms with van der Waals surface area (Å²) in [4.78, 5) is 28.4. The number of nitrogens with zero attached hydrogens (tertiary/aromatic N) is 1. The van der Waals surface area contributed by atoms with Gasteiger partial charge in [0.1, 0.15) is 11.7 Å². The zero-order chi connectivity index (χ0) is 15.5. The molecule has 0 amide bonds. The third kappa shape index (κ3) is 2.73. The van der Waals surface area contributed by atoms with Crippen LogP contribution < -0.4 is 0 Å². The standard InChI is InChI=1S/C18H19NO3/c1-2-22-18(21)15-8-7-12(9-17(15)20)16-11-19-10-13-5-3-4-6-14(13)16/h3-6,10-12,15H,2,7-9H2,1H3. The van der Waals surface area contributed by atoms with Crippen LogP contribution in [0.5, 0.6) is 0 Å². The molecule has 2 atom stereocenters. The van der Waals surface area contributed by atoms with E-state index >= 15 is 0 Å². The van der Waals surface area contributed by atoms with Gasteiger partial charge in [0.05, 0.1) is 6.61 Å². The molecule has 0 saturated heterocycles. The Hall–Kier alpha value is -2.23. The monoisotopic (exact) mass is 297 g/mol. The second kappa shape index (κ2) is 6.26. The molecule has 1 aliphatic carbocycles. The highest BCUT2D eigenvalue weighted by Crippen LogP contribution is 2.36. The van der Waals surface area contributed by atoms with Crippen molar-refractivity contribution in [1.82, 2.24) is 4.98 Å². The number of ether oxygens (including phenoxy) is 1. The predicted octanol–water partition coefficient (Wildman–Crippen LogP) is 3.25. The summed E-state index contributed by atoms with van der Waals surface area (Å²) in [7, 11) is 0. The number of ketones is 1. The fraction of sp³-hybridized carbons (Fsp3) is 0.389. The van der Waals surface area contributed by atoms with Crippen LogP contribution in [-0.2, 0) is 14.3 Å². The van der Waals surface area contributed by atoms with E-state index in [0.29, 0.717) is 19.4 Å². The quantitative estimate of drug-likeness (QED) is 0.644. The normalized spacial score (nSPS) is 21.8. The Morgan fingerprint density at radius 1 is 1.27 bits per heavy atom. The van der Waals surface area contributed by atoms with Gasteiger partial charge in [-0.25, -0.2) is 0 Å². The molecule has 1 aromatic carbocycles. The Morgan fingerprint density at radius 3 is 2.86 bits per heavy atom. The van der Waals surface area contributed by atoms with Gasteiger partial charge in [0.15, 0.2) is 0 Å². The molecule has 2 unspecified atom stereocenters. The molecule has 1 fully saturated rings. The first-order valence-electron chi connectivity index (χ1n) is 7.72. The molecule has 3 rings (SSSR count). The minimum absolute atomic E-state index is 0.0114. The van der Waals surface area contributed by atoms with Gasteiger partial charge in [0, 0.05) is 24.2 Å². The van der Waals surface area contributed by atoms with Gasteiger partial charge < -0.3 is 4.74 Å². The summed E-state index contributed by atoms with van der Waals surface area (Å²) >= 11 is 0. The van der Waals surface area contributed by atoms with E-state index in [1.165, 1.54) is 0 Å². The molecule has 0 bridgehead atoms. The predicted molar refractivity (Wildman–Crippen MR) is 83.5 cm³/mol. The Morgan fingerprint density at radius 2 is 2.09 bits per heavy atom. The average molecular weight is 297 g/mol. The Balaban J connectivity index is 1.83. The van der Waals surface area contributed by atoms with Crippen molar-refractivity contribution in [3.05, 3.63) is 42.2 Å². The lowest BCUT2D eigenvalue weighted by atomic mass is 9.77. The van der Waals surface area contributed by atoms with Gasteiger partial charge in [0.25, 0.3) is 0 Å². The van der Waals surface area contributed by atoms with Crippen molar-refractivity contribution in [2.75, 3.05) is 6.61 Å². The summed E-state index contributed by atoms with van der Waals surface area (Å²) in [5.74, 6) is -0.833. The van der Waals surface area contributed by atoms with Gasteiger partial charge in [-0.2, -0.15) is 0 Å². The van der Waals surface area contributed by atoms with Gasteiger partial charge in [0.2, 0.25) is 0 Å². The van der Waals surface area contributed by atoms with Crippen LogP contribution in [0.25, 0.3) is 10.8 Å². The molecule has 1 heterocycles. The maximum Gasteiger partial charge on any atom is 0.316 e. The highest BCUT2D eigenvalue weighted by molar-refractivity contribution is 6.00. The number of carbonyl (C=O) groups is 2. The lowest BCUT2D eigenvalue weighted by molar-refractivity contribution is -0.152. The Labute approximate surface area is 129 Å². The number of aromatic nitrogens is 1. The number of fused-ring (bicyclic) bond motifs is 1. The van der Waals surface area contributed by atoms with Crippen molar-refractivity contribution >= 4 is 22.5 Å². The Bertz CT molecular complexity index is 705. The van der Waals surface area contributed by atoms with Crippen molar-refractivity contribution in [2.24, 2.45) is 5.92 Å². The first-order chi connectivity index (χ1) is 10.7. The summed E-state index contributed by atoms with van der Waals surface area (Å²) in [6, 6.07) is 8.07. The minimum Gasteiger partial charge on any atom is -0.465 e. The summed E-state index contributed by atoms with van der Waals surface area (Å²) < 4.78 is 4.99. The third-order valence-corrected chi connectivity index (χ3v) is 4.35. The van der Waals surface area contributed by atoms with E-state index in [-0.39, 0.29) is 17.7 Å². The molecule has 2 aromatic rings. The molecule has 114 valence electrons. The molecule has 1 saturated carbocycles. The number of esters is 1. The maximum absolute atomic E-state index is 12.3. The van der Waals surface area contributed by atoms with E-state index in [0.717, 1.165) is 22.8 Å². The van der Waals surface area contributed by atoms with Gasteiger partial charge in [-0.05, 0) is 36.6 Å². The van der Waals surface area contributed by atoms with Gasteiger partial charge in [-0.3, -0.25) is 14.6 Å². The number of benzene rings is 1. The fourth-order valence-corrected chi connectivity index (χ4v) is 3.24. The highest BCUT2D eigenvalue weighted by Gasteiger charge is 2.35. The van der Waals surface area contributed by atoms with Crippen molar-refractivity contribution in [1.29, 1.82) is 0 Å². The van der Waals surface area contributed by atoms with Gasteiger partial charge in [-0.1, -0.05) is 24.3 Å². The number of carbonyl (C=O) groups excluding carboxylic acids is 2. The van der Waals surface area contributed by atoms with Crippen LogP contribution in [0.4, 0.5) is 0 Å². The number of pyridine rings is 1. The first-order valence-corrected chi connectivity index (χ1v) is 7.72. The number of hydrogen-bond donors (Lipinski definition) is 0. The highest BCUT2D eigenvalue weighted by atomic mass is 16.5. The zero-order valence-electron chi connectivity index (χ0n) is 12.6. The smallest absolute Gasteiger partial charge is 0.316 e. The molecule has 4 nitrogen and oxygen atoms in total. The van der Waals surface area contributed by atoms with Crippen molar-refractivity contribution < 1.29 is 14.3 Å². The van der Waals surface area contributed by atoms with Crippen LogP contribution in [0.2, 0.25) is 0 Å². The molecular formula is C18H19NO3. The first kappa shape index (κ1) is 14.7. The maximum atomic E-state index is 12.3. The lowest BCUT2D eigenvalue weighted by Gasteiger charge is -2.27. The van der Waals surface area contributed by atoms with E-state index < -0.39 is 5.92 Å².